The molecule has 0 radical (unpaired) electrons. The molecule has 1 aliphatic rings. The topological polar surface area (TPSA) is 75.7 Å². The third-order valence-electron chi connectivity index (χ3n) is 4.58. The van der Waals surface area contributed by atoms with Crippen LogP contribution in [0.3, 0.4) is 0 Å². The Balaban J connectivity index is 2.13. The molecular weight excluding hydrogens is 388 g/mol. The van der Waals surface area contributed by atoms with E-state index in [0.29, 0.717) is 23.1 Å². The molecule has 0 heterocycles. The summed E-state index contributed by atoms with van der Waals surface area (Å²) in [7, 11) is 0. The summed E-state index contributed by atoms with van der Waals surface area (Å²) >= 11 is 6.26. The number of hydrogen-bond donors (Lipinski definition) is 0. The van der Waals surface area contributed by atoms with Crippen molar-refractivity contribution in [1.29, 1.82) is 0 Å². The number of rotatable bonds is 8. The molecule has 154 valence electrons. The first-order valence-electron chi connectivity index (χ1n) is 9.84. The third kappa shape index (κ3) is 7.06. The Morgan fingerprint density at radius 3 is 2.66 bits per heavy atom. The molecule has 0 aromatic heterocycles. The van der Waals surface area contributed by atoms with Crippen molar-refractivity contribution >= 4 is 30.1 Å². The van der Waals surface area contributed by atoms with E-state index >= 15 is 0 Å². The lowest BCUT2D eigenvalue weighted by molar-refractivity contribution is 0.309. The van der Waals surface area contributed by atoms with Gasteiger partial charge in [-0.1, -0.05) is 44.0 Å². The highest BCUT2D eigenvalue weighted by atomic mass is 35.5. The number of nitroso groups, excluding NO2 is 1. The minimum absolute atomic E-state index is 0.195. The first kappa shape index (κ1) is 22.7. The lowest BCUT2D eigenvalue weighted by Gasteiger charge is -2.16. The minimum atomic E-state index is -0.195. The van der Waals surface area contributed by atoms with E-state index in [9.17, 15) is 4.91 Å². The molecule has 0 amide bonds. The number of unbranched alkanes of at least 4 members (excludes halogenated alkanes) is 1. The van der Waals surface area contributed by atoms with Gasteiger partial charge in [-0.2, -0.15) is 4.99 Å². The van der Waals surface area contributed by atoms with E-state index in [2.05, 4.69) is 46.8 Å². The van der Waals surface area contributed by atoms with Gasteiger partial charge < -0.3 is 4.74 Å². The van der Waals surface area contributed by atoms with E-state index in [-0.39, 0.29) is 18.3 Å². The molecule has 2 rings (SSSR count). The van der Waals surface area contributed by atoms with E-state index in [4.69, 9.17) is 16.3 Å². The van der Waals surface area contributed by atoms with Gasteiger partial charge in [0.2, 0.25) is 0 Å². The number of ether oxygens (including phenoxy) is 1. The molecule has 0 fully saturated rings. The zero-order chi connectivity index (χ0) is 21.1. The number of nitrogens with zero attached hydrogens (tertiary/aromatic N) is 4. The van der Waals surface area contributed by atoms with Crippen LogP contribution in [0, 0.1) is 10.8 Å². The number of allylic oxidation sites excluding steroid dienone is 2. The van der Waals surface area contributed by atoms with Crippen LogP contribution < -0.4 is 4.74 Å². The molecule has 0 bridgehead atoms. The van der Waals surface area contributed by atoms with Crippen LogP contribution >= 0.6 is 11.6 Å². The molecule has 6 nitrogen and oxygen atoms in total. The van der Waals surface area contributed by atoms with Crippen LogP contribution in [-0.2, 0) is 0 Å². The highest BCUT2D eigenvalue weighted by Gasteiger charge is 2.13. The maximum atomic E-state index is 11.2. The summed E-state index contributed by atoms with van der Waals surface area (Å²) < 4.78 is 5.65. The average Bonchev–Trinajstić information content (AvgIpc) is 2.76. The maximum absolute atomic E-state index is 11.2. The van der Waals surface area contributed by atoms with Gasteiger partial charge in [0.05, 0.1) is 13.2 Å². The summed E-state index contributed by atoms with van der Waals surface area (Å²) in [6, 6.07) is 7.29. The van der Waals surface area contributed by atoms with E-state index in [1.807, 2.05) is 30.3 Å². The molecule has 1 atom stereocenters. The normalized spacial score (nSPS) is 17.4. The van der Waals surface area contributed by atoms with Gasteiger partial charge in [0.25, 0.3) is 5.96 Å². The zero-order valence-corrected chi connectivity index (χ0v) is 17.7. The molecule has 0 saturated carbocycles. The summed E-state index contributed by atoms with van der Waals surface area (Å²) in [5, 5.41) is 3.59. The number of hydrogen-bond acceptors (Lipinski definition) is 3. The molecule has 0 saturated heterocycles. The van der Waals surface area contributed by atoms with Crippen LogP contribution in [-0.4, -0.2) is 31.7 Å². The Morgan fingerprint density at radius 1 is 1.28 bits per heavy atom. The van der Waals surface area contributed by atoms with Gasteiger partial charge in [-0.25, -0.2) is 9.98 Å². The Labute approximate surface area is 177 Å². The van der Waals surface area contributed by atoms with Crippen LogP contribution in [0.2, 0.25) is 0 Å². The molecule has 1 aromatic rings. The minimum Gasteiger partial charge on any atom is -0.494 e. The monoisotopic (exact) mass is 414 g/mol. The molecule has 1 aliphatic carbocycles. The van der Waals surface area contributed by atoms with Crippen molar-refractivity contribution in [2.75, 3.05) is 13.2 Å². The summed E-state index contributed by atoms with van der Waals surface area (Å²) in [6.07, 6.45) is 8.10. The zero-order valence-electron chi connectivity index (χ0n) is 17.0. The second kappa shape index (κ2) is 12.1. The predicted molar refractivity (Wildman–Crippen MR) is 121 cm³/mol. The number of aliphatic imine (C=N–C) groups is 3. The van der Waals surface area contributed by atoms with Crippen LogP contribution in [0.15, 0.2) is 67.2 Å². The Morgan fingerprint density at radius 2 is 2.03 bits per heavy atom. The van der Waals surface area contributed by atoms with E-state index < -0.39 is 0 Å². The second-order valence-corrected chi connectivity index (χ2v) is 7.08. The van der Waals surface area contributed by atoms with Gasteiger partial charge in [0.1, 0.15) is 5.75 Å². The predicted octanol–water partition coefficient (Wildman–Crippen LogP) is 5.91. The Hall–Kier alpha value is -2.60. The molecule has 29 heavy (non-hydrogen) atoms. The van der Waals surface area contributed by atoms with Crippen molar-refractivity contribution in [2.24, 2.45) is 26.1 Å². The molecule has 0 spiro atoms. The summed E-state index contributed by atoms with van der Waals surface area (Å²) in [6.45, 7) is 8.69. The number of guanidine groups is 1. The highest BCUT2D eigenvalue weighted by molar-refractivity contribution is 6.32. The van der Waals surface area contributed by atoms with Gasteiger partial charge in [-0.3, -0.25) is 0 Å². The fourth-order valence-corrected chi connectivity index (χ4v) is 3.00. The first-order valence-corrected chi connectivity index (χ1v) is 10.2. The van der Waals surface area contributed by atoms with Crippen molar-refractivity contribution in [3.8, 4) is 5.75 Å². The molecule has 0 N–H and O–H groups in total. The van der Waals surface area contributed by atoms with Crippen LogP contribution in [0.4, 0.5) is 0 Å². The fourth-order valence-electron chi connectivity index (χ4n) is 2.79. The Kier molecular flexibility index (Phi) is 9.44. The number of halogens is 1. The number of amidine groups is 1. The van der Waals surface area contributed by atoms with Gasteiger partial charge >= 0.3 is 0 Å². The van der Waals surface area contributed by atoms with Crippen LogP contribution in [0.25, 0.3) is 0 Å². The Bertz CT molecular complexity index is 826. The van der Waals surface area contributed by atoms with Crippen LogP contribution in [0.5, 0.6) is 5.75 Å². The standard InChI is InChI=1S/C22H27ClN4O2/c1-4-6-13-29-19-10-8-17(9-11-19)21(24-3)26-22(27-28)25-15-18-14-16(5-2)7-12-20(18)23/h8-12,14,16H,3-7,13,15H2,1-2H3/b25-22+,26-21-. The smallest absolute Gasteiger partial charge is 0.288 e. The summed E-state index contributed by atoms with van der Waals surface area (Å²) in [4.78, 5) is 23.5. The summed E-state index contributed by atoms with van der Waals surface area (Å²) in [5.41, 5.74) is 1.57. The molecular formula is C22H27ClN4O2. The van der Waals surface area contributed by atoms with Gasteiger partial charge in [0.15, 0.2) is 5.84 Å². The average molecular weight is 415 g/mol. The van der Waals surface area contributed by atoms with E-state index in [0.717, 1.165) is 37.0 Å². The van der Waals surface area contributed by atoms with Gasteiger partial charge in [0, 0.05) is 15.8 Å². The van der Waals surface area contributed by atoms with Crippen molar-refractivity contribution in [3.05, 3.63) is 57.5 Å². The number of benzene rings is 1. The maximum Gasteiger partial charge on any atom is 0.288 e. The molecule has 1 aromatic carbocycles. The van der Waals surface area contributed by atoms with Crippen molar-refractivity contribution in [1.82, 2.24) is 0 Å². The largest absolute Gasteiger partial charge is 0.494 e. The lowest BCUT2D eigenvalue weighted by Crippen LogP contribution is -2.06. The second-order valence-electron chi connectivity index (χ2n) is 6.68. The molecule has 0 aliphatic heterocycles. The van der Waals surface area contributed by atoms with Crippen molar-refractivity contribution in [2.45, 2.75) is 39.5 Å². The molecule has 1 unspecified atom stereocenters. The van der Waals surface area contributed by atoms with Gasteiger partial charge in [-0.15, -0.1) is 4.91 Å². The molecule has 7 heteroatoms. The first-order chi connectivity index (χ1) is 14.1. The fraction of sp³-hybridized carbons (Fsp3) is 0.409. The third-order valence-corrected chi connectivity index (χ3v) is 4.97. The summed E-state index contributed by atoms with van der Waals surface area (Å²) in [5.74, 6) is 1.28. The lowest BCUT2D eigenvalue weighted by atomic mass is 9.94. The van der Waals surface area contributed by atoms with E-state index in [1.54, 1.807) is 0 Å². The van der Waals surface area contributed by atoms with Crippen molar-refractivity contribution < 1.29 is 4.74 Å². The SMILES string of the molecule is C=N/C(=N\C(N=O)=N/CC1=CC(CC)CC=C1Cl)c1ccc(OCCCC)cc1. The van der Waals surface area contributed by atoms with Crippen molar-refractivity contribution in [3.63, 3.8) is 0 Å². The quantitative estimate of drug-likeness (QED) is 0.229. The highest BCUT2D eigenvalue weighted by Crippen LogP contribution is 2.27. The van der Waals surface area contributed by atoms with E-state index in [1.165, 1.54) is 0 Å². The van der Waals surface area contributed by atoms with Crippen LogP contribution in [0.1, 0.15) is 45.1 Å². The van der Waals surface area contributed by atoms with Gasteiger partial charge in [-0.05, 0) is 61.7 Å².